The van der Waals surface area contributed by atoms with Gasteiger partial charge in [-0.2, -0.15) is 0 Å². The van der Waals surface area contributed by atoms with E-state index in [0.717, 1.165) is 49.8 Å². The second kappa shape index (κ2) is 12.8. The average Bonchev–Trinajstić information content (AvgIpc) is 3.23. The van der Waals surface area contributed by atoms with E-state index in [1.165, 1.54) is 62.4 Å². The molecule has 1 N–H and O–H groups in total. The van der Waals surface area contributed by atoms with Gasteiger partial charge in [0.05, 0.1) is 18.1 Å². The van der Waals surface area contributed by atoms with Crippen molar-refractivity contribution in [1.29, 1.82) is 0 Å². The van der Waals surface area contributed by atoms with Crippen molar-refractivity contribution < 1.29 is 4.74 Å². The Balaban J connectivity index is 1.28. The lowest BCUT2D eigenvalue weighted by molar-refractivity contribution is 0.221. The minimum absolute atomic E-state index is 0.498. The number of methoxy groups -OCH3 is 1. The Morgan fingerprint density at radius 1 is 0.912 bits per heavy atom. The average molecular weight is 463 g/mol. The molecule has 3 aromatic rings. The molecule has 184 valence electrons. The number of hydrogen-bond donors (Lipinski definition) is 1. The second-order valence-corrected chi connectivity index (χ2v) is 9.70. The van der Waals surface area contributed by atoms with Gasteiger partial charge in [-0.1, -0.05) is 63.3 Å². The second-order valence-electron chi connectivity index (χ2n) is 9.70. The van der Waals surface area contributed by atoms with E-state index in [0.29, 0.717) is 6.04 Å². The molecule has 0 bridgehead atoms. The fourth-order valence-electron chi connectivity index (χ4n) is 5.03. The van der Waals surface area contributed by atoms with Gasteiger partial charge < -0.3 is 19.5 Å². The minimum Gasteiger partial charge on any atom is -0.497 e. The minimum atomic E-state index is 0.498. The largest absolute Gasteiger partial charge is 0.497 e. The Kier molecular flexibility index (Phi) is 9.26. The van der Waals surface area contributed by atoms with Gasteiger partial charge in [0.15, 0.2) is 0 Å². The van der Waals surface area contributed by atoms with Crippen molar-refractivity contribution in [1.82, 2.24) is 14.5 Å². The summed E-state index contributed by atoms with van der Waals surface area (Å²) < 4.78 is 7.69. The summed E-state index contributed by atoms with van der Waals surface area (Å²) in [7, 11) is 1.72. The van der Waals surface area contributed by atoms with Gasteiger partial charge in [0.1, 0.15) is 5.75 Å². The van der Waals surface area contributed by atoms with Crippen LogP contribution in [-0.4, -0.2) is 47.2 Å². The van der Waals surface area contributed by atoms with E-state index in [-0.39, 0.29) is 0 Å². The third kappa shape index (κ3) is 6.75. The predicted octanol–water partition coefficient (Wildman–Crippen LogP) is 6.52. The molecule has 1 aliphatic rings. The molecule has 4 rings (SSSR count). The standard InChI is InChI=1S/C29H42N4O/c1-3-4-5-6-7-10-20-33-28-12-9-8-11-27(28)31-29(33)30-25-18-22-32(23-19-25)21-17-24-13-15-26(34-2)16-14-24/h8-9,11-16,25H,3-7,10,17-23H2,1-2H3,(H,30,31). The van der Waals surface area contributed by atoms with Crippen LogP contribution in [0, 0.1) is 0 Å². The number of anilines is 1. The lowest BCUT2D eigenvalue weighted by Crippen LogP contribution is -2.40. The first-order valence-electron chi connectivity index (χ1n) is 13.3. The number of aromatic nitrogens is 2. The number of piperidine rings is 1. The highest BCUT2D eigenvalue weighted by Crippen LogP contribution is 2.24. The summed E-state index contributed by atoms with van der Waals surface area (Å²) in [4.78, 5) is 7.57. The molecule has 1 aliphatic heterocycles. The van der Waals surface area contributed by atoms with E-state index in [9.17, 15) is 0 Å². The fraction of sp³-hybridized carbons (Fsp3) is 0.552. The zero-order chi connectivity index (χ0) is 23.6. The molecule has 0 atom stereocenters. The number of benzene rings is 2. The van der Waals surface area contributed by atoms with Crippen LogP contribution >= 0.6 is 0 Å². The van der Waals surface area contributed by atoms with Gasteiger partial charge >= 0.3 is 0 Å². The van der Waals surface area contributed by atoms with Crippen molar-refractivity contribution in [2.24, 2.45) is 0 Å². The van der Waals surface area contributed by atoms with Crippen LogP contribution < -0.4 is 10.1 Å². The van der Waals surface area contributed by atoms with Gasteiger partial charge in [-0.05, 0) is 55.5 Å². The van der Waals surface area contributed by atoms with Crippen molar-refractivity contribution in [3.8, 4) is 5.75 Å². The zero-order valence-corrected chi connectivity index (χ0v) is 21.1. The predicted molar refractivity (Wildman–Crippen MR) is 143 cm³/mol. The molecule has 2 aromatic carbocycles. The summed E-state index contributed by atoms with van der Waals surface area (Å²) in [6.45, 7) is 6.74. The van der Waals surface area contributed by atoms with Crippen molar-refractivity contribution >= 4 is 17.0 Å². The zero-order valence-electron chi connectivity index (χ0n) is 21.1. The SMILES string of the molecule is CCCCCCCCn1c(NC2CCN(CCc3ccc(OC)cc3)CC2)nc2ccccc21. The van der Waals surface area contributed by atoms with E-state index < -0.39 is 0 Å². The normalized spacial score (nSPS) is 15.1. The van der Waals surface area contributed by atoms with Crippen LogP contribution in [0.5, 0.6) is 5.75 Å². The highest BCUT2D eigenvalue weighted by Gasteiger charge is 2.21. The smallest absolute Gasteiger partial charge is 0.204 e. The van der Waals surface area contributed by atoms with Crippen LogP contribution in [0.2, 0.25) is 0 Å². The summed E-state index contributed by atoms with van der Waals surface area (Å²) in [5.74, 6) is 1.99. The van der Waals surface area contributed by atoms with Gasteiger partial charge in [0.25, 0.3) is 0 Å². The molecule has 0 aliphatic carbocycles. The molecule has 0 saturated carbocycles. The maximum absolute atomic E-state index is 5.27. The molecule has 5 heteroatoms. The van der Waals surface area contributed by atoms with Crippen molar-refractivity contribution in [3.05, 3.63) is 54.1 Å². The maximum Gasteiger partial charge on any atom is 0.204 e. The quantitative estimate of drug-likeness (QED) is 0.293. The fourth-order valence-corrected chi connectivity index (χ4v) is 5.03. The molecule has 0 spiro atoms. The van der Waals surface area contributed by atoms with Crippen molar-refractivity contribution in [2.45, 2.75) is 77.3 Å². The lowest BCUT2D eigenvalue weighted by atomic mass is 10.0. The van der Waals surface area contributed by atoms with Crippen LogP contribution in [0.15, 0.2) is 48.5 Å². The molecule has 0 radical (unpaired) electrons. The summed E-state index contributed by atoms with van der Waals surface area (Å²) in [6.07, 6.45) is 11.3. The number of rotatable bonds is 13. The number of imidazole rings is 1. The monoisotopic (exact) mass is 462 g/mol. The molecule has 1 aromatic heterocycles. The van der Waals surface area contributed by atoms with Gasteiger partial charge in [-0.25, -0.2) is 4.98 Å². The number of nitrogens with one attached hydrogen (secondary N) is 1. The number of hydrogen-bond acceptors (Lipinski definition) is 4. The first kappa shape index (κ1) is 24.6. The van der Waals surface area contributed by atoms with E-state index >= 15 is 0 Å². The van der Waals surface area contributed by atoms with Crippen LogP contribution in [0.3, 0.4) is 0 Å². The van der Waals surface area contributed by atoms with Gasteiger partial charge in [-0.15, -0.1) is 0 Å². The summed E-state index contributed by atoms with van der Waals surface area (Å²) in [6, 6.07) is 17.6. The Hall–Kier alpha value is -2.53. The molecule has 0 amide bonds. The molecular weight excluding hydrogens is 420 g/mol. The Morgan fingerprint density at radius 2 is 1.65 bits per heavy atom. The van der Waals surface area contributed by atoms with Crippen LogP contribution in [-0.2, 0) is 13.0 Å². The van der Waals surface area contributed by atoms with Crippen LogP contribution in [0.4, 0.5) is 5.95 Å². The van der Waals surface area contributed by atoms with Crippen molar-refractivity contribution in [2.75, 3.05) is 32.1 Å². The number of nitrogens with zero attached hydrogens (tertiary/aromatic N) is 3. The molecule has 34 heavy (non-hydrogen) atoms. The van der Waals surface area contributed by atoms with Crippen LogP contribution in [0.1, 0.15) is 63.9 Å². The third-order valence-corrected chi connectivity index (χ3v) is 7.19. The van der Waals surface area contributed by atoms with E-state index in [1.807, 2.05) is 0 Å². The number of ether oxygens (including phenoxy) is 1. The molecule has 1 fully saturated rings. The molecule has 2 heterocycles. The molecule has 5 nitrogen and oxygen atoms in total. The Labute approximate surface area is 205 Å². The number of likely N-dealkylation sites (tertiary alicyclic amines) is 1. The summed E-state index contributed by atoms with van der Waals surface area (Å²) in [5, 5.41) is 3.82. The van der Waals surface area contributed by atoms with Gasteiger partial charge in [0.2, 0.25) is 5.95 Å². The first-order valence-corrected chi connectivity index (χ1v) is 13.3. The summed E-state index contributed by atoms with van der Waals surface area (Å²) >= 11 is 0. The third-order valence-electron chi connectivity index (χ3n) is 7.19. The van der Waals surface area contributed by atoms with E-state index in [2.05, 4.69) is 70.2 Å². The maximum atomic E-state index is 5.27. The number of para-hydroxylation sites is 2. The lowest BCUT2D eigenvalue weighted by Gasteiger charge is -2.32. The molecule has 1 saturated heterocycles. The number of unbranched alkanes of at least 4 members (excludes halogenated alkanes) is 5. The molecule has 0 unspecified atom stereocenters. The summed E-state index contributed by atoms with van der Waals surface area (Å²) in [5.41, 5.74) is 3.74. The number of aryl methyl sites for hydroxylation is 1. The molecular formula is C29H42N4O. The Bertz CT molecular complexity index is 989. The van der Waals surface area contributed by atoms with E-state index in [1.54, 1.807) is 7.11 Å². The number of fused-ring (bicyclic) bond motifs is 1. The first-order chi connectivity index (χ1) is 16.8. The Morgan fingerprint density at radius 3 is 2.41 bits per heavy atom. The highest BCUT2D eigenvalue weighted by molar-refractivity contribution is 5.78. The van der Waals surface area contributed by atoms with Gasteiger partial charge in [-0.3, -0.25) is 0 Å². The topological polar surface area (TPSA) is 42.3 Å². The highest BCUT2D eigenvalue weighted by atomic mass is 16.5. The van der Waals surface area contributed by atoms with Crippen molar-refractivity contribution in [3.63, 3.8) is 0 Å². The van der Waals surface area contributed by atoms with E-state index in [4.69, 9.17) is 9.72 Å². The van der Waals surface area contributed by atoms with Gasteiger partial charge in [0, 0.05) is 32.2 Å². The van der Waals surface area contributed by atoms with Crippen LogP contribution in [0.25, 0.3) is 11.0 Å².